The van der Waals surface area contributed by atoms with Gasteiger partial charge in [-0.1, -0.05) is 42.8 Å². The van der Waals surface area contributed by atoms with E-state index in [2.05, 4.69) is 6.92 Å². The SMILES string of the molecule is CCc1ccc(OC(=O)C2CC(=O)N(c3ccccc3Cl)C2)cc1. The van der Waals surface area contributed by atoms with Crippen molar-refractivity contribution in [3.05, 3.63) is 59.1 Å². The Morgan fingerprint density at radius 2 is 1.92 bits per heavy atom. The smallest absolute Gasteiger partial charge is 0.316 e. The van der Waals surface area contributed by atoms with Gasteiger partial charge in [0.2, 0.25) is 5.91 Å². The molecule has 0 bridgehead atoms. The van der Waals surface area contributed by atoms with Crippen molar-refractivity contribution in [2.24, 2.45) is 5.92 Å². The number of hydrogen-bond acceptors (Lipinski definition) is 3. The van der Waals surface area contributed by atoms with Gasteiger partial charge in [0.25, 0.3) is 0 Å². The molecule has 124 valence electrons. The number of para-hydroxylation sites is 1. The molecule has 0 saturated carbocycles. The predicted octanol–water partition coefficient (Wildman–Crippen LogP) is 3.86. The molecule has 1 fully saturated rings. The highest BCUT2D eigenvalue weighted by Gasteiger charge is 2.37. The Bertz CT molecular complexity index is 757. The van der Waals surface area contributed by atoms with E-state index in [1.165, 1.54) is 5.56 Å². The number of rotatable bonds is 4. The second-order valence-corrected chi connectivity index (χ2v) is 6.18. The van der Waals surface area contributed by atoms with Gasteiger partial charge in [-0.3, -0.25) is 9.59 Å². The van der Waals surface area contributed by atoms with Crippen LogP contribution in [-0.4, -0.2) is 18.4 Å². The summed E-state index contributed by atoms with van der Waals surface area (Å²) >= 11 is 6.15. The number of carbonyl (C=O) groups is 2. The van der Waals surface area contributed by atoms with Crippen molar-refractivity contribution in [1.29, 1.82) is 0 Å². The molecule has 1 aliphatic heterocycles. The maximum absolute atomic E-state index is 12.3. The predicted molar refractivity (Wildman–Crippen MR) is 93.4 cm³/mol. The molecule has 1 heterocycles. The van der Waals surface area contributed by atoms with E-state index in [9.17, 15) is 9.59 Å². The minimum absolute atomic E-state index is 0.119. The lowest BCUT2D eigenvalue weighted by Gasteiger charge is -2.17. The molecule has 0 aromatic heterocycles. The van der Waals surface area contributed by atoms with E-state index in [1.54, 1.807) is 35.2 Å². The van der Waals surface area contributed by atoms with E-state index < -0.39 is 5.92 Å². The molecular formula is C19H18ClNO3. The van der Waals surface area contributed by atoms with Gasteiger partial charge in [-0.2, -0.15) is 0 Å². The standard InChI is InChI=1S/C19H18ClNO3/c1-2-13-7-9-15(10-8-13)24-19(23)14-11-18(22)21(12-14)17-6-4-3-5-16(17)20/h3-10,14H,2,11-12H2,1H3. The fourth-order valence-electron chi connectivity index (χ4n) is 2.76. The normalized spacial score (nSPS) is 17.2. The van der Waals surface area contributed by atoms with Crippen molar-refractivity contribution in [3.8, 4) is 5.75 Å². The van der Waals surface area contributed by atoms with Gasteiger partial charge >= 0.3 is 5.97 Å². The van der Waals surface area contributed by atoms with Gasteiger partial charge in [-0.05, 0) is 36.2 Å². The van der Waals surface area contributed by atoms with Gasteiger partial charge < -0.3 is 9.64 Å². The maximum atomic E-state index is 12.3. The second kappa shape index (κ2) is 7.05. The zero-order chi connectivity index (χ0) is 17.1. The van der Waals surface area contributed by atoms with Crippen LogP contribution in [0.1, 0.15) is 18.9 Å². The number of ether oxygens (including phenoxy) is 1. The molecule has 24 heavy (non-hydrogen) atoms. The average Bonchev–Trinajstić information content (AvgIpc) is 2.98. The Morgan fingerprint density at radius 1 is 1.21 bits per heavy atom. The highest BCUT2D eigenvalue weighted by atomic mass is 35.5. The molecule has 2 aromatic carbocycles. The Kier molecular flexibility index (Phi) is 4.86. The fraction of sp³-hybridized carbons (Fsp3) is 0.263. The van der Waals surface area contributed by atoms with Crippen molar-refractivity contribution in [1.82, 2.24) is 0 Å². The Balaban J connectivity index is 1.68. The lowest BCUT2D eigenvalue weighted by Crippen LogP contribution is -2.27. The molecule has 0 N–H and O–H groups in total. The Morgan fingerprint density at radius 3 is 2.58 bits per heavy atom. The van der Waals surface area contributed by atoms with Gasteiger partial charge in [0.1, 0.15) is 5.75 Å². The summed E-state index contributed by atoms with van der Waals surface area (Å²) in [5.41, 5.74) is 1.81. The first-order valence-corrected chi connectivity index (χ1v) is 8.31. The molecule has 5 heteroatoms. The Hall–Kier alpha value is -2.33. The number of carbonyl (C=O) groups excluding carboxylic acids is 2. The van der Waals surface area contributed by atoms with E-state index >= 15 is 0 Å². The largest absolute Gasteiger partial charge is 0.426 e. The number of halogens is 1. The zero-order valence-electron chi connectivity index (χ0n) is 13.4. The van der Waals surface area contributed by atoms with E-state index in [0.717, 1.165) is 6.42 Å². The minimum atomic E-state index is -0.486. The van der Waals surface area contributed by atoms with Crippen molar-refractivity contribution < 1.29 is 14.3 Å². The summed E-state index contributed by atoms with van der Waals surface area (Å²) in [6.07, 6.45) is 1.06. The van der Waals surface area contributed by atoms with Crippen LogP contribution in [0.2, 0.25) is 5.02 Å². The first-order chi connectivity index (χ1) is 11.6. The molecule has 2 aromatic rings. The van der Waals surface area contributed by atoms with Crippen LogP contribution in [0.15, 0.2) is 48.5 Å². The topological polar surface area (TPSA) is 46.6 Å². The summed E-state index contributed by atoms with van der Waals surface area (Å²) in [6, 6.07) is 14.5. The van der Waals surface area contributed by atoms with Gasteiger partial charge in [-0.15, -0.1) is 0 Å². The summed E-state index contributed by atoms with van der Waals surface area (Å²) in [7, 11) is 0. The van der Waals surface area contributed by atoms with Crippen LogP contribution in [0.4, 0.5) is 5.69 Å². The molecule has 3 rings (SSSR count). The molecule has 0 aliphatic carbocycles. The third-order valence-corrected chi connectivity index (χ3v) is 4.47. The lowest BCUT2D eigenvalue weighted by atomic mass is 10.1. The number of hydrogen-bond donors (Lipinski definition) is 0. The van der Waals surface area contributed by atoms with Crippen molar-refractivity contribution in [2.45, 2.75) is 19.8 Å². The highest BCUT2D eigenvalue weighted by Crippen LogP contribution is 2.31. The van der Waals surface area contributed by atoms with Crippen LogP contribution >= 0.6 is 11.6 Å². The van der Waals surface area contributed by atoms with Gasteiger partial charge in [0.15, 0.2) is 0 Å². The quantitative estimate of drug-likeness (QED) is 0.625. The van der Waals surface area contributed by atoms with Gasteiger partial charge in [-0.25, -0.2) is 0 Å². The molecule has 1 saturated heterocycles. The maximum Gasteiger partial charge on any atom is 0.316 e. The van der Waals surface area contributed by atoms with Crippen LogP contribution < -0.4 is 9.64 Å². The number of amides is 1. The zero-order valence-corrected chi connectivity index (χ0v) is 14.1. The summed E-state index contributed by atoms with van der Waals surface area (Å²) in [5.74, 6) is -0.492. The number of esters is 1. The molecule has 1 atom stereocenters. The number of aryl methyl sites for hydroxylation is 1. The van der Waals surface area contributed by atoms with Crippen LogP contribution in [0.25, 0.3) is 0 Å². The van der Waals surface area contributed by atoms with E-state index in [-0.39, 0.29) is 24.8 Å². The minimum Gasteiger partial charge on any atom is -0.426 e. The summed E-state index contributed by atoms with van der Waals surface area (Å²) in [6.45, 7) is 2.35. The summed E-state index contributed by atoms with van der Waals surface area (Å²) in [4.78, 5) is 26.1. The molecule has 1 aliphatic rings. The van der Waals surface area contributed by atoms with Crippen molar-refractivity contribution in [3.63, 3.8) is 0 Å². The molecular weight excluding hydrogens is 326 g/mol. The van der Waals surface area contributed by atoms with Gasteiger partial charge in [0, 0.05) is 13.0 Å². The van der Waals surface area contributed by atoms with Crippen LogP contribution in [0, 0.1) is 5.92 Å². The molecule has 4 nitrogen and oxygen atoms in total. The lowest BCUT2D eigenvalue weighted by molar-refractivity contribution is -0.139. The molecule has 0 radical (unpaired) electrons. The number of nitrogens with zero attached hydrogens (tertiary/aromatic N) is 1. The summed E-state index contributed by atoms with van der Waals surface area (Å²) in [5, 5.41) is 0.495. The molecule has 1 amide bonds. The molecule has 1 unspecified atom stereocenters. The fourth-order valence-corrected chi connectivity index (χ4v) is 3.00. The van der Waals surface area contributed by atoms with Crippen LogP contribution in [0.3, 0.4) is 0 Å². The number of anilines is 1. The summed E-state index contributed by atoms with van der Waals surface area (Å²) < 4.78 is 5.41. The first kappa shape index (κ1) is 16.5. The molecule has 0 spiro atoms. The number of benzene rings is 2. The first-order valence-electron chi connectivity index (χ1n) is 7.94. The van der Waals surface area contributed by atoms with Crippen LogP contribution in [0.5, 0.6) is 5.75 Å². The highest BCUT2D eigenvalue weighted by molar-refractivity contribution is 6.33. The van der Waals surface area contributed by atoms with E-state index in [4.69, 9.17) is 16.3 Å². The third-order valence-electron chi connectivity index (χ3n) is 4.15. The second-order valence-electron chi connectivity index (χ2n) is 5.78. The van der Waals surface area contributed by atoms with Crippen LogP contribution in [-0.2, 0) is 16.0 Å². The third kappa shape index (κ3) is 3.44. The average molecular weight is 344 g/mol. The van der Waals surface area contributed by atoms with Crippen molar-refractivity contribution >= 4 is 29.2 Å². The Labute approximate surface area is 146 Å². The van der Waals surface area contributed by atoms with E-state index in [1.807, 2.05) is 18.2 Å². The monoisotopic (exact) mass is 343 g/mol. The van der Waals surface area contributed by atoms with Crippen molar-refractivity contribution in [2.75, 3.05) is 11.4 Å². The van der Waals surface area contributed by atoms with Gasteiger partial charge in [0.05, 0.1) is 16.6 Å². The van der Waals surface area contributed by atoms with E-state index in [0.29, 0.717) is 16.5 Å².